The summed E-state index contributed by atoms with van der Waals surface area (Å²) in [5.74, 6) is 0.806. The van der Waals surface area contributed by atoms with Gasteiger partial charge in [-0.25, -0.2) is 4.39 Å². The molecule has 0 atom stereocenters. The van der Waals surface area contributed by atoms with Crippen LogP contribution in [0.1, 0.15) is 30.3 Å². The van der Waals surface area contributed by atoms with Gasteiger partial charge in [0.05, 0.1) is 24.5 Å². The second-order valence-electron chi connectivity index (χ2n) is 4.97. The molecule has 0 amide bonds. The number of alkyl halides is 1. The molecule has 0 bridgehead atoms. The third-order valence-electron chi connectivity index (χ3n) is 3.12. The molecule has 2 aromatic rings. The van der Waals surface area contributed by atoms with Gasteiger partial charge in [0.15, 0.2) is 5.82 Å². The van der Waals surface area contributed by atoms with Gasteiger partial charge in [-0.05, 0) is 26.3 Å². The molecule has 20 heavy (non-hydrogen) atoms. The number of hydrogen-bond acceptors (Lipinski definition) is 3. The molecule has 0 radical (unpaired) electrons. The molecular weight excluding hydrogens is 257 g/mol. The second-order valence-corrected chi connectivity index (χ2v) is 4.97. The molecule has 0 aliphatic rings. The first-order valence-corrected chi connectivity index (χ1v) is 7.01. The molecule has 0 aromatic carbocycles. The highest BCUT2D eigenvalue weighted by molar-refractivity contribution is 5.42. The number of halogens is 1. The summed E-state index contributed by atoms with van der Waals surface area (Å²) >= 11 is 0. The fourth-order valence-electron chi connectivity index (χ4n) is 2.22. The summed E-state index contributed by atoms with van der Waals surface area (Å²) in [4.78, 5) is 0. The molecule has 2 aromatic heterocycles. The molecule has 5 nitrogen and oxygen atoms in total. The van der Waals surface area contributed by atoms with E-state index >= 15 is 0 Å². The smallest absolute Gasteiger partial charge is 0.151 e. The Labute approximate surface area is 118 Å². The van der Waals surface area contributed by atoms with Crippen molar-refractivity contribution in [2.45, 2.75) is 46.8 Å². The van der Waals surface area contributed by atoms with Crippen LogP contribution in [0.25, 0.3) is 0 Å². The van der Waals surface area contributed by atoms with E-state index in [1.807, 2.05) is 24.7 Å². The van der Waals surface area contributed by atoms with Crippen molar-refractivity contribution < 1.29 is 4.39 Å². The average Bonchev–Trinajstić information content (AvgIpc) is 2.91. The summed E-state index contributed by atoms with van der Waals surface area (Å²) in [5.41, 5.74) is 3.19. The normalized spacial score (nSPS) is 11.0. The van der Waals surface area contributed by atoms with Crippen LogP contribution in [0.3, 0.4) is 0 Å². The van der Waals surface area contributed by atoms with Crippen LogP contribution < -0.4 is 5.32 Å². The van der Waals surface area contributed by atoms with Crippen LogP contribution in [0, 0.1) is 13.8 Å². The molecule has 0 aliphatic carbocycles. The summed E-state index contributed by atoms with van der Waals surface area (Å²) < 4.78 is 16.0. The third kappa shape index (κ3) is 3.37. The van der Waals surface area contributed by atoms with E-state index < -0.39 is 6.67 Å². The van der Waals surface area contributed by atoms with Gasteiger partial charge in [-0.1, -0.05) is 6.92 Å². The van der Waals surface area contributed by atoms with Crippen LogP contribution in [0.4, 0.5) is 10.2 Å². The van der Waals surface area contributed by atoms with Crippen molar-refractivity contribution in [1.29, 1.82) is 0 Å². The van der Waals surface area contributed by atoms with Crippen LogP contribution in [0.15, 0.2) is 12.3 Å². The minimum atomic E-state index is -0.400. The van der Waals surface area contributed by atoms with E-state index in [0.29, 0.717) is 13.1 Å². The molecule has 1 N–H and O–H groups in total. The van der Waals surface area contributed by atoms with Gasteiger partial charge in [-0.15, -0.1) is 0 Å². The molecule has 2 heterocycles. The molecule has 0 aliphatic heterocycles. The van der Waals surface area contributed by atoms with Crippen molar-refractivity contribution in [3.8, 4) is 0 Å². The zero-order valence-corrected chi connectivity index (χ0v) is 12.4. The van der Waals surface area contributed by atoms with Crippen LogP contribution in [-0.4, -0.2) is 26.2 Å². The zero-order chi connectivity index (χ0) is 14.5. The number of aryl methyl sites for hydroxylation is 4. The number of nitrogens with one attached hydrogen (secondary N) is 1. The first kappa shape index (κ1) is 14.6. The minimum absolute atomic E-state index is 0.301. The van der Waals surface area contributed by atoms with Gasteiger partial charge in [0.2, 0.25) is 0 Å². The number of nitrogens with zero attached hydrogens (tertiary/aromatic N) is 4. The van der Waals surface area contributed by atoms with E-state index in [2.05, 4.69) is 28.5 Å². The first-order valence-electron chi connectivity index (χ1n) is 7.01. The maximum absolute atomic E-state index is 12.3. The highest BCUT2D eigenvalue weighted by Crippen LogP contribution is 2.14. The van der Waals surface area contributed by atoms with E-state index in [9.17, 15) is 4.39 Å². The molecule has 6 heteroatoms. The van der Waals surface area contributed by atoms with E-state index in [4.69, 9.17) is 0 Å². The number of anilines is 1. The summed E-state index contributed by atoms with van der Waals surface area (Å²) in [6, 6.07) is 2.08. The lowest BCUT2D eigenvalue weighted by atomic mass is 10.3. The lowest BCUT2D eigenvalue weighted by Crippen LogP contribution is -2.10. The maximum atomic E-state index is 12.3. The lowest BCUT2D eigenvalue weighted by Gasteiger charge is -2.07. The van der Waals surface area contributed by atoms with Crippen molar-refractivity contribution in [1.82, 2.24) is 19.6 Å². The monoisotopic (exact) mass is 279 g/mol. The Balaban J connectivity index is 2.04. The maximum Gasteiger partial charge on any atom is 0.151 e. The third-order valence-corrected chi connectivity index (χ3v) is 3.12. The Morgan fingerprint density at radius 3 is 2.75 bits per heavy atom. The SMILES string of the molecule is CCCn1nc(C)cc1CNc1nn(CCF)cc1C. The minimum Gasteiger partial charge on any atom is -0.363 e. The molecule has 110 valence electrons. The van der Waals surface area contributed by atoms with Crippen LogP contribution >= 0.6 is 0 Å². The molecule has 0 spiro atoms. The van der Waals surface area contributed by atoms with Crippen molar-refractivity contribution >= 4 is 5.82 Å². The fourth-order valence-corrected chi connectivity index (χ4v) is 2.22. The lowest BCUT2D eigenvalue weighted by molar-refractivity contribution is 0.427. The van der Waals surface area contributed by atoms with Gasteiger partial charge in [-0.2, -0.15) is 10.2 Å². The van der Waals surface area contributed by atoms with Gasteiger partial charge in [0.25, 0.3) is 0 Å². The van der Waals surface area contributed by atoms with Crippen LogP contribution in [-0.2, 0) is 19.6 Å². The van der Waals surface area contributed by atoms with Crippen molar-refractivity contribution in [2.75, 3.05) is 12.0 Å². The largest absolute Gasteiger partial charge is 0.363 e. The molecule has 0 saturated carbocycles. The van der Waals surface area contributed by atoms with Crippen molar-refractivity contribution in [2.24, 2.45) is 0 Å². The summed E-state index contributed by atoms with van der Waals surface area (Å²) in [6.45, 7) is 7.60. The molecule has 2 rings (SSSR count). The second kappa shape index (κ2) is 6.54. The molecule has 0 fully saturated rings. The van der Waals surface area contributed by atoms with Gasteiger partial charge in [0, 0.05) is 18.3 Å². The Bertz CT molecular complexity index is 558. The number of rotatable bonds is 7. The van der Waals surface area contributed by atoms with Gasteiger partial charge >= 0.3 is 0 Å². The number of hydrogen-bond donors (Lipinski definition) is 1. The van der Waals surface area contributed by atoms with Crippen LogP contribution in [0.2, 0.25) is 0 Å². The van der Waals surface area contributed by atoms with Gasteiger partial charge < -0.3 is 5.32 Å². The van der Waals surface area contributed by atoms with Crippen LogP contribution in [0.5, 0.6) is 0 Å². The Hall–Kier alpha value is -1.85. The van der Waals surface area contributed by atoms with Crippen molar-refractivity contribution in [3.05, 3.63) is 29.2 Å². The summed E-state index contributed by atoms with van der Waals surface area (Å²) in [6.07, 6.45) is 2.91. The van der Waals surface area contributed by atoms with E-state index in [0.717, 1.165) is 35.7 Å². The van der Waals surface area contributed by atoms with E-state index in [-0.39, 0.29) is 0 Å². The van der Waals surface area contributed by atoms with E-state index in [1.54, 1.807) is 4.68 Å². The molecular formula is C14H22FN5. The first-order chi connectivity index (χ1) is 9.63. The van der Waals surface area contributed by atoms with E-state index in [1.165, 1.54) is 0 Å². The topological polar surface area (TPSA) is 47.7 Å². The highest BCUT2D eigenvalue weighted by atomic mass is 19.1. The van der Waals surface area contributed by atoms with Gasteiger partial charge in [0.1, 0.15) is 6.67 Å². The van der Waals surface area contributed by atoms with Crippen molar-refractivity contribution in [3.63, 3.8) is 0 Å². The molecule has 0 unspecified atom stereocenters. The average molecular weight is 279 g/mol. The quantitative estimate of drug-likeness (QED) is 0.847. The predicted molar refractivity (Wildman–Crippen MR) is 77.5 cm³/mol. The molecule has 0 saturated heterocycles. The summed E-state index contributed by atoms with van der Waals surface area (Å²) in [5, 5.41) is 12.1. The van der Waals surface area contributed by atoms with Gasteiger partial charge in [-0.3, -0.25) is 9.36 Å². The Kier molecular flexibility index (Phi) is 4.76. The summed E-state index contributed by atoms with van der Waals surface area (Å²) in [7, 11) is 0. The number of aromatic nitrogens is 4. The Morgan fingerprint density at radius 2 is 2.05 bits per heavy atom. The zero-order valence-electron chi connectivity index (χ0n) is 12.4. The standard InChI is InChI=1S/C14H22FN5/c1-4-6-20-13(8-12(3)17-20)9-16-14-11(2)10-19(18-14)7-5-15/h8,10H,4-7,9H2,1-3H3,(H,16,18). The fraction of sp³-hybridized carbons (Fsp3) is 0.571. The predicted octanol–water partition coefficient (Wildman–Crippen LogP) is 2.69. The highest BCUT2D eigenvalue weighted by Gasteiger charge is 2.08. The Morgan fingerprint density at radius 1 is 1.25 bits per heavy atom.